The summed E-state index contributed by atoms with van der Waals surface area (Å²) in [6.45, 7) is 8.69. The lowest BCUT2D eigenvalue weighted by molar-refractivity contribution is 0.0954. The molecule has 0 bridgehead atoms. The summed E-state index contributed by atoms with van der Waals surface area (Å²) in [5, 5.41) is 10.4. The summed E-state index contributed by atoms with van der Waals surface area (Å²) in [7, 11) is 0. The molecule has 0 unspecified atom stereocenters. The van der Waals surface area contributed by atoms with Gasteiger partial charge >= 0.3 is 0 Å². The second-order valence-electron chi connectivity index (χ2n) is 5.68. The number of halogens is 1. The molecule has 148 valence electrons. The molecule has 3 N–H and O–H groups in total. The number of thiazole rings is 1. The maximum Gasteiger partial charge on any atom is 0.252 e. The van der Waals surface area contributed by atoms with Gasteiger partial charge in [-0.05, 0) is 32.9 Å². The van der Waals surface area contributed by atoms with Crippen LogP contribution in [-0.4, -0.2) is 48.0 Å². The van der Waals surface area contributed by atoms with Crippen LogP contribution in [0.1, 0.15) is 32.9 Å². The summed E-state index contributed by atoms with van der Waals surface area (Å²) in [6.07, 6.45) is 4.02. The van der Waals surface area contributed by atoms with Crippen molar-refractivity contribution in [3.63, 3.8) is 0 Å². The molecule has 2 aromatic heterocycles. The molecule has 2 rings (SSSR count). The third kappa shape index (κ3) is 8.21. The zero-order valence-corrected chi connectivity index (χ0v) is 19.1. The quantitative estimate of drug-likeness (QED) is 0.223. The number of pyridine rings is 1. The fourth-order valence-electron chi connectivity index (χ4n) is 2.21. The number of carbonyl (C=O) groups excluding carboxylic acids is 1. The van der Waals surface area contributed by atoms with Crippen LogP contribution in [0.15, 0.2) is 29.5 Å². The first kappa shape index (κ1) is 23.3. The van der Waals surface area contributed by atoms with Gasteiger partial charge < -0.3 is 16.0 Å². The molecule has 2 aromatic rings. The number of amides is 1. The minimum Gasteiger partial charge on any atom is -0.357 e. The number of hydrogen-bond donors (Lipinski definition) is 3. The van der Waals surface area contributed by atoms with Crippen LogP contribution in [0.2, 0.25) is 0 Å². The van der Waals surface area contributed by atoms with Crippen molar-refractivity contribution in [2.75, 3.05) is 26.2 Å². The molecule has 0 aliphatic rings. The van der Waals surface area contributed by atoms with E-state index in [2.05, 4.69) is 37.8 Å². The lowest BCUT2D eigenvalue weighted by Gasteiger charge is -2.11. The van der Waals surface area contributed by atoms with Crippen LogP contribution in [0.25, 0.3) is 0 Å². The van der Waals surface area contributed by atoms with E-state index in [1.807, 2.05) is 13.8 Å². The number of nitrogens with zero attached hydrogens (tertiary/aromatic N) is 3. The number of rotatable bonds is 8. The van der Waals surface area contributed by atoms with E-state index in [0.717, 1.165) is 29.6 Å². The summed E-state index contributed by atoms with van der Waals surface area (Å²) in [5.41, 5.74) is 1.66. The van der Waals surface area contributed by atoms with Gasteiger partial charge in [0, 0.05) is 49.9 Å². The van der Waals surface area contributed by atoms with Gasteiger partial charge in [-0.3, -0.25) is 14.8 Å². The van der Waals surface area contributed by atoms with Crippen molar-refractivity contribution in [3.05, 3.63) is 45.7 Å². The van der Waals surface area contributed by atoms with Crippen molar-refractivity contribution in [2.24, 2.45) is 4.99 Å². The Hall–Kier alpha value is -1.75. The van der Waals surface area contributed by atoms with Gasteiger partial charge in [0.2, 0.25) is 0 Å². The molecule has 0 spiro atoms. The lowest BCUT2D eigenvalue weighted by Crippen LogP contribution is -2.41. The minimum absolute atomic E-state index is 0. The molecule has 0 aromatic carbocycles. The second kappa shape index (κ2) is 12.6. The Bertz CT molecular complexity index is 715. The Morgan fingerprint density at radius 2 is 2.00 bits per heavy atom. The molecule has 2 heterocycles. The van der Waals surface area contributed by atoms with Crippen LogP contribution in [-0.2, 0) is 6.42 Å². The predicted molar refractivity (Wildman–Crippen MR) is 121 cm³/mol. The largest absolute Gasteiger partial charge is 0.357 e. The van der Waals surface area contributed by atoms with Gasteiger partial charge in [0.05, 0.1) is 16.3 Å². The SMILES string of the molecule is CCNC(=NCCc1nc(C)c(C)s1)NCCNC(=O)c1cccnc1.I. The Morgan fingerprint density at radius 3 is 2.63 bits per heavy atom. The maximum absolute atomic E-state index is 11.9. The molecular formula is C18H27IN6OS. The molecule has 0 aliphatic heterocycles. The van der Waals surface area contributed by atoms with E-state index < -0.39 is 0 Å². The van der Waals surface area contributed by atoms with E-state index in [1.54, 1.807) is 35.9 Å². The Morgan fingerprint density at radius 1 is 1.22 bits per heavy atom. The summed E-state index contributed by atoms with van der Waals surface area (Å²) in [6, 6.07) is 3.48. The fraction of sp³-hybridized carbons (Fsp3) is 0.444. The minimum atomic E-state index is -0.128. The number of guanidine groups is 1. The van der Waals surface area contributed by atoms with Gasteiger partial charge in [0.15, 0.2) is 5.96 Å². The molecule has 0 radical (unpaired) electrons. The normalized spacial score (nSPS) is 10.9. The molecule has 0 fully saturated rings. The van der Waals surface area contributed by atoms with Crippen molar-refractivity contribution >= 4 is 47.2 Å². The van der Waals surface area contributed by atoms with Crippen LogP contribution in [0, 0.1) is 13.8 Å². The first-order valence-corrected chi connectivity index (χ1v) is 9.55. The maximum atomic E-state index is 11.9. The zero-order chi connectivity index (χ0) is 18.8. The molecule has 0 saturated carbocycles. The average Bonchev–Trinajstić information content (AvgIpc) is 2.97. The summed E-state index contributed by atoms with van der Waals surface area (Å²) in [4.78, 5) is 26.2. The van der Waals surface area contributed by atoms with Crippen molar-refractivity contribution in [1.82, 2.24) is 25.9 Å². The number of aromatic nitrogens is 2. The Kier molecular flexibility index (Phi) is 10.9. The molecule has 7 nitrogen and oxygen atoms in total. The topological polar surface area (TPSA) is 91.3 Å². The van der Waals surface area contributed by atoms with Gasteiger partial charge in [-0.15, -0.1) is 35.3 Å². The number of aliphatic imine (C=N–C) groups is 1. The standard InChI is InChI=1S/C18H26N6OS.HI/c1-4-20-18(22-9-7-16-24-13(2)14(3)26-16)23-11-10-21-17(25)15-6-5-8-19-12-15;/h5-6,8,12H,4,7,9-11H2,1-3H3,(H,21,25)(H2,20,22,23);1H. The van der Waals surface area contributed by atoms with Crippen LogP contribution in [0.4, 0.5) is 0 Å². The summed E-state index contributed by atoms with van der Waals surface area (Å²) in [5.74, 6) is 0.615. The van der Waals surface area contributed by atoms with E-state index in [-0.39, 0.29) is 29.9 Å². The third-order valence-electron chi connectivity index (χ3n) is 3.64. The first-order valence-electron chi connectivity index (χ1n) is 8.73. The number of nitrogens with one attached hydrogen (secondary N) is 3. The number of carbonyl (C=O) groups is 1. The van der Waals surface area contributed by atoms with Crippen LogP contribution < -0.4 is 16.0 Å². The molecule has 1 amide bonds. The fourth-order valence-corrected chi connectivity index (χ4v) is 3.13. The molecule has 0 saturated heterocycles. The van der Waals surface area contributed by atoms with E-state index in [0.29, 0.717) is 25.2 Å². The Labute approximate surface area is 181 Å². The van der Waals surface area contributed by atoms with Crippen LogP contribution in [0.3, 0.4) is 0 Å². The van der Waals surface area contributed by atoms with Crippen molar-refractivity contribution in [3.8, 4) is 0 Å². The Balaban J connectivity index is 0.00000364. The molecule has 0 aliphatic carbocycles. The second-order valence-corrected chi connectivity index (χ2v) is 6.97. The van der Waals surface area contributed by atoms with Gasteiger partial charge in [-0.1, -0.05) is 0 Å². The van der Waals surface area contributed by atoms with Crippen LogP contribution in [0.5, 0.6) is 0 Å². The lowest BCUT2D eigenvalue weighted by atomic mass is 10.3. The van der Waals surface area contributed by atoms with E-state index in [4.69, 9.17) is 0 Å². The number of aryl methyl sites for hydroxylation is 2. The third-order valence-corrected chi connectivity index (χ3v) is 4.77. The monoisotopic (exact) mass is 502 g/mol. The van der Waals surface area contributed by atoms with Crippen molar-refractivity contribution in [1.29, 1.82) is 0 Å². The molecule has 27 heavy (non-hydrogen) atoms. The summed E-state index contributed by atoms with van der Waals surface area (Å²) < 4.78 is 0. The average molecular weight is 502 g/mol. The van der Waals surface area contributed by atoms with Gasteiger partial charge in [0.25, 0.3) is 5.91 Å². The van der Waals surface area contributed by atoms with E-state index in [9.17, 15) is 4.79 Å². The van der Waals surface area contributed by atoms with E-state index >= 15 is 0 Å². The molecule has 9 heteroatoms. The highest BCUT2D eigenvalue weighted by Gasteiger charge is 2.05. The molecular weight excluding hydrogens is 475 g/mol. The summed E-state index contributed by atoms with van der Waals surface area (Å²) >= 11 is 1.73. The highest BCUT2D eigenvalue weighted by molar-refractivity contribution is 14.0. The van der Waals surface area contributed by atoms with Crippen molar-refractivity contribution < 1.29 is 4.79 Å². The van der Waals surface area contributed by atoms with E-state index in [1.165, 1.54) is 4.88 Å². The zero-order valence-electron chi connectivity index (χ0n) is 15.9. The van der Waals surface area contributed by atoms with Crippen LogP contribution >= 0.6 is 35.3 Å². The first-order chi connectivity index (χ1) is 12.6. The van der Waals surface area contributed by atoms with Gasteiger partial charge in [0.1, 0.15) is 0 Å². The molecule has 0 atom stereocenters. The number of hydrogen-bond acceptors (Lipinski definition) is 5. The van der Waals surface area contributed by atoms with Gasteiger partial charge in [-0.25, -0.2) is 4.98 Å². The van der Waals surface area contributed by atoms with Crippen molar-refractivity contribution in [2.45, 2.75) is 27.2 Å². The predicted octanol–water partition coefficient (Wildman–Crippen LogP) is 2.30. The smallest absolute Gasteiger partial charge is 0.252 e. The highest BCUT2D eigenvalue weighted by atomic mass is 127. The highest BCUT2D eigenvalue weighted by Crippen LogP contribution is 2.16. The van der Waals surface area contributed by atoms with Gasteiger partial charge in [-0.2, -0.15) is 0 Å².